The zero-order valence-electron chi connectivity index (χ0n) is 12.5. The Bertz CT molecular complexity index is 636. The van der Waals surface area contributed by atoms with Gasteiger partial charge in [-0.3, -0.25) is 9.48 Å². The van der Waals surface area contributed by atoms with Crippen LogP contribution in [0, 0.1) is 0 Å². The van der Waals surface area contributed by atoms with Crippen LogP contribution in [0.4, 0.5) is 5.69 Å². The van der Waals surface area contributed by atoms with Crippen LogP contribution in [0.1, 0.15) is 23.0 Å². The number of aryl methyl sites for hydroxylation is 1. The monoisotopic (exact) mass is 288 g/mol. The highest BCUT2D eigenvalue weighted by atomic mass is 16.5. The van der Waals surface area contributed by atoms with Gasteiger partial charge >= 0.3 is 0 Å². The van der Waals surface area contributed by atoms with Crippen LogP contribution in [0.15, 0.2) is 30.5 Å². The minimum Gasteiger partial charge on any atom is -0.494 e. The zero-order chi connectivity index (χ0) is 15.4. The Morgan fingerprint density at radius 1 is 1.43 bits per heavy atom. The number of nitrogens with zero attached hydrogens (tertiary/aromatic N) is 3. The Kier molecular flexibility index (Phi) is 4.47. The molecule has 2 rings (SSSR count). The van der Waals surface area contributed by atoms with E-state index in [2.05, 4.69) is 5.10 Å². The molecule has 1 aromatic heterocycles. The van der Waals surface area contributed by atoms with E-state index in [-0.39, 0.29) is 11.6 Å². The molecule has 0 fully saturated rings. The smallest absolute Gasteiger partial charge is 0.276 e. The summed E-state index contributed by atoms with van der Waals surface area (Å²) >= 11 is 0. The van der Waals surface area contributed by atoms with Gasteiger partial charge in [0.05, 0.1) is 12.3 Å². The number of carbonyl (C=O) groups is 1. The van der Waals surface area contributed by atoms with Crippen LogP contribution in [-0.4, -0.2) is 34.2 Å². The molecular formula is C15H20N4O2. The molecule has 0 radical (unpaired) electrons. The number of amides is 1. The molecule has 6 nitrogen and oxygen atoms in total. The average molecular weight is 288 g/mol. The number of hydrogen-bond donors (Lipinski definition) is 1. The van der Waals surface area contributed by atoms with Gasteiger partial charge in [0, 0.05) is 32.4 Å². The van der Waals surface area contributed by atoms with E-state index in [1.54, 1.807) is 25.2 Å². The van der Waals surface area contributed by atoms with Crippen molar-refractivity contribution in [3.8, 4) is 5.75 Å². The molecule has 0 aliphatic carbocycles. The topological polar surface area (TPSA) is 73.4 Å². The van der Waals surface area contributed by atoms with Crippen molar-refractivity contribution in [2.75, 3.05) is 19.4 Å². The molecule has 0 atom stereocenters. The number of rotatable bonds is 5. The number of ether oxygens (including phenoxy) is 1. The van der Waals surface area contributed by atoms with Crippen LogP contribution in [0.25, 0.3) is 0 Å². The lowest BCUT2D eigenvalue weighted by molar-refractivity contribution is 0.0778. The Morgan fingerprint density at radius 2 is 2.14 bits per heavy atom. The quantitative estimate of drug-likeness (QED) is 0.908. The summed E-state index contributed by atoms with van der Waals surface area (Å²) in [5.41, 5.74) is 7.40. The van der Waals surface area contributed by atoms with E-state index in [1.807, 2.05) is 31.2 Å². The molecule has 0 bridgehead atoms. The molecule has 0 aliphatic rings. The molecule has 0 spiro atoms. The molecule has 0 aliphatic heterocycles. The van der Waals surface area contributed by atoms with Gasteiger partial charge in [0.25, 0.3) is 5.91 Å². The Hall–Kier alpha value is -2.50. The van der Waals surface area contributed by atoms with E-state index >= 15 is 0 Å². The standard InChI is InChI=1S/C15H20N4O2/c1-4-21-13-8-6-5-7-11(13)9-18(2)15(20)14-12(16)10-19(3)17-14/h5-8,10H,4,9,16H2,1-3H3. The predicted molar refractivity (Wildman–Crippen MR) is 81.0 cm³/mol. The summed E-state index contributed by atoms with van der Waals surface area (Å²) in [5.74, 6) is 0.577. The van der Waals surface area contributed by atoms with Crippen LogP contribution < -0.4 is 10.5 Å². The molecule has 0 unspecified atom stereocenters. The molecule has 1 amide bonds. The number of nitrogens with two attached hydrogens (primary N) is 1. The first-order chi connectivity index (χ1) is 10.0. The molecule has 112 valence electrons. The van der Waals surface area contributed by atoms with Crippen LogP contribution >= 0.6 is 0 Å². The van der Waals surface area contributed by atoms with Gasteiger partial charge in [-0.15, -0.1) is 0 Å². The van der Waals surface area contributed by atoms with Crippen molar-refractivity contribution in [1.29, 1.82) is 0 Å². The first-order valence-corrected chi connectivity index (χ1v) is 6.78. The Morgan fingerprint density at radius 3 is 2.76 bits per heavy atom. The number of carbonyl (C=O) groups excluding carboxylic acids is 1. The first-order valence-electron chi connectivity index (χ1n) is 6.78. The molecule has 2 aromatic rings. The van der Waals surface area contributed by atoms with Crippen molar-refractivity contribution < 1.29 is 9.53 Å². The second-order valence-electron chi connectivity index (χ2n) is 4.81. The molecule has 0 saturated heterocycles. The summed E-state index contributed by atoms with van der Waals surface area (Å²) in [6.07, 6.45) is 1.62. The van der Waals surface area contributed by atoms with E-state index in [4.69, 9.17) is 10.5 Å². The van der Waals surface area contributed by atoms with E-state index in [1.165, 1.54) is 4.68 Å². The maximum Gasteiger partial charge on any atom is 0.276 e. The van der Waals surface area contributed by atoms with Gasteiger partial charge in [-0.1, -0.05) is 18.2 Å². The molecule has 21 heavy (non-hydrogen) atoms. The minimum absolute atomic E-state index is 0.209. The van der Waals surface area contributed by atoms with Gasteiger partial charge in [-0.2, -0.15) is 5.10 Å². The van der Waals surface area contributed by atoms with Gasteiger partial charge in [-0.05, 0) is 13.0 Å². The van der Waals surface area contributed by atoms with Crippen LogP contribution in [-0.2, 0) is 13.6 Å². The van der Waals surface area contributed by atoms with Crippen LogP contribution in [0.3, 0.4) is 0 Å². The van der Waals surface area contributed by atoms with Crippen molar-refractivity contribution >= 4 is 11.6 Å². The van der Waals surface area contributed by atoms with Gasteiger partial charge in [-0.25, -0.2) is 0 Å². The normalized spacial score (nSPS) is 10.4. The summed E-state index contributed by atoms with van der Waals surface area (Å²) in [6, 6.07) is 7.67. The maximum absolute atomic E-state index is 12.4. The summed E-state index contributed by atoms with van der Waals surface area (Å²) in [5, 5.41) is 4.10. The summed E-state index contributed by atoms with van der Waals surface area (Å²) in [7, 11) is 3.46. The third kappa shape index (κ3) is 3.34. The van der Waals surface area contributed by atoms with Crippen LogP contribution in [0.5, 0.6) is 5.75 Å². The molecule has 1 heterocycles. The second-order valence-corrected chi connectivity index (χ2v) is 4.81. The van der Waals surface area contributed by atoms with Gasteiger partial charge in [0.2, 0.25) is 0 Å². The molecule has 0 saturated carbocycles. The lowest BCUT2D eigenvalue weighted by atomic mass is 10.2. The van der Waals surface area contributed by atoms with Crippen molar-refractivity contribution in [2.45, 2.75) is 13.5 Å². The lowest BCUT2D eigenvalue weighted by Crippen LogP contribution is -2.27. The lowest BCUT2D eigenvalue weighted by Gasteiger charge is -2.18. The Balaban J connectivity index is 2.16. The van der Waals surface area contributed by atoms with Gasteiger partial charge < -0.3 is 15.4 Å². The maximum atomic E-state index is 12.4. The van der Waals surface area contributed by atoms with Crippen molar-refractivity contribution in [3.05, 3.63) is 41.7 Å². The largest absolute Gasteiger partial charge is 0.494 e. The predicted octanol–water partition coefficient (Wildman–Crippen LogP) is 1.67. The fraction of sp³-hybridized carbons (Fsp3) is 0.333. The zero-order valence-corrected chi connectivity index (χ0v) is 12.5. The highest BCUT2D eigenvalue weighted by Gasteiger charge is 2.19. The van der Waals surface area contributed by atoms with E-state index in [0.717, 1.165) is 11.3 Å². The van der Waals surface area contributed by atoms with Crippen molar-refractivity contribution in [3.63, 3.8) is 0 Å². The number of hydrogen-bond acceptors (Lipinski definition) is 4. The molecule has 2 N–H and O–H groups in total. The summed E-state index contributed by atoms with van der Waals surface area (Å²) in [4.78, 5) is 14.0. The first kappa shape index (κ1) is 14.9. The van der Waals surface area contributed by atoms with E-state index < -0.39 is 0 Å². The average Bonchev–Trinajstić information content (AvgIpc) is 2.79. The highest BCUT2D eigenvalue weighted by molar-refractivity contribution is 5.96. The Labute approximate surface area is 124 Å². The second kappa shape index (κ2) is 6.30. The van der Waals surface area contributed by atoms with Crippen molar-refractivity contribution in [1.82, 2.24) is 14.7 Å². The third-order valence-corrected chi connectivity index (χ3v) is 3.09. The fourth-order valence-electron chi connectivity index (χ4n) is 2.11. The SMILES string of the molecule is CCOc1ccccc1CN(C)C(=O)c1nn(C)cc1N. The number of aromatic nitrogens is 2. The number of benzene rings is 1. The third-order valence-electron chi connectivity index (χ3n) is 3.09. The van der Waals surface area contributed by atoms with E-state index in [9.17, 15) is 4.79 Å². The fourth-order valence-corrected chi connectivity index (χ4v) is 2.11. The molecule has 6 heteroatoms. The molecular weight excluding hydrogens is 268 g/mol. The van der Waals surface area contributed by atoms with Gasteiger partial charge in [0.1, 0.15) is 5.75 Å². The summed E-state index contributed by atoms with van der Waals surface area (Å²) in [6.45, 7) is 2.95. The molecule has 1 aromatic carbocycles. The number of para-hydroxylation sites is 1. The van der Waals surface area contributed by atoms with E-state index in [0.29, 0.717) is 18.8 Å². The number of nitrogen functional groups attached to an aromatic ring is 1. The number of anilines is 1. The highest BCUT2D eigenvalue weighted by Crippen LogP contribution is 2.20. The van der Waals surface area contributed by atoms with Gasteiger partial charge in [0.15, 0.2) is 5.69 Å². The summed E-state index contributed by atoms with van der Waals surface area (Å²) < 4.78 is 7.10. The van der Waals surface area contributed by atoms with Crippen molar-refractivity contribution in [2.24, 2.45) is 7.05 Å². The van der Waals surface area contributed by atoms with Crippen LogP contribution in [0.2, 0.25) is 0 Å². The minimum atomic E-state index is -0.209.